The predicted molar refractivity (Wildman–Crippen MR) is 73.0 cm³/mol. The highest BCUT2D eigenvalue weighted by molar-refractivity contribution is 5.85. The Balaban J connectivity index is 1.73. The third-order valence-electron chi connectivity index (χ3n) is 6.11. The molecule has 0 spiro atoms. The van der Waals surface area contributed by atoms with Gasteiger partial charge in [-0.25, -0.2) is 0 Å². The molecule has 3 fully saturated rings. The number of nitrogens with two attached hydrogens (primary N) is 1. The Hall–Kier alpha value is -0.370. The average Bonchev–Trinajstić information content (AvgIpc) is 2.98. The van der Waals surface area contributed by atoms with Crippen molar-refractivity contribution in [3.05, 3.63) is 0 Å². The van der Waals surface area contributed by atoms with Crippen molar-refractivity contribution < 1.29 is 4.79 Å². The molecule has 0 aromatic heterocycles. The molecule has 0 aromatic rings. The standard InChI is InChI=1S/C16H27NO/c1-2-10-5-3-4-6-13(10)16(18)14-11-7-8-12(9-11)15(14)17/h10-15H,2-9,17H2,1H3. The fourth-order valence-corrected chi connectivity index (χ4v) is 5.08. The van der Waals surface area contributed by atoms with E-state index in [0.29, 0.717) is 29.5 Å². The number of carbonyl (C=O) groups excluding carboxylic acids is 1. The molecule has 0 radical (unpaired) electrons. The molecular weight excluding hydrogens is 222 g/mol. The Morgan fingerprint density at radius 3 is 2.50 bits per heavy atom. The number of hydrogen-bond acceptors (Lipinski definition) is 2. The first-order valence-corrected chi connectivity index (χ1v) is 8.01. The maximum atomic E-state index is 12.9. The van der Waals surface area contributed by atoms with Crippen molar-refractivity contribution in [2.45, 2.75) is 64.3 Å². The summed E-state index contributed by atoms with van der Waals surface area (Å²) in [5.41, 5.74) is 6.34. The molecule has 2 N–H and O–H groups in total. The Morgan fingerprint density at radius 1 is 1.11 bits per heavy atom. The maximum absolute atomic E-state index is 12.9. The van der Waals surface area contributed by atoms with Gasteiger partial charge in [-0.1, -0.05) is 26.2 Å². The monoisotopic (exact) mass is 249 g/mol. The van der Waals surface area contributed by atoms with Gasteiger partial charge in [-0.3, -0.25) is 4.79 Å². The molecule has 3 saturated carbocycles. The first-order valence-electron chi connectivity index (χ1n) is 8.01. The van der Waals surface area contributed by atoms with Crippen LogP contribution >= 0.6 is 0 Å². The Bertz CT molecular complexity index is 325. The number of hydrogen-bond donors (Lipinski definition) is 1. The summed E-state index contributed by atoms with van der Waals surface area (Å²) in [6.45, 7) is 2.25. The zero-order valence-corrected chi connectivity index (χ0v) is 11.6. The summed E-state index contributed by atoms with van der Waals surface area (Å²) < 4.78 is 0. The number of fused-ring (bicyclic) bond motifs is 2. The Labute approximate surface area is 111 Å². The zero-order chi connectivity index (χ0) is 12.7. The van der Waals surface area contributed by atoms with Crippen LogP contribution in [0.3, 0.4) is 0 Å². The van der Waals surface area contributed by atoms with Gasteiger partial charge < -0.3 is 5.73 Å². The maximum Gasteiger partial charge on any atom is 0.141 e. The molecule has 3 rings (SSSR count). The third-order valence-corrected chi connectivity index (χ3v) is 6.11. The quantitative estimate of drug-likeness (QED) is 0.835. The predicted octanol–water partition coefficient (Wildman–Crippen LogP) is 3.15. The van der Waals surface area contributed by atoms with Crippen LogP contribution in [0.1, 0.15) is 58.3 Å². The van der Waals surface area contributed by atoms with E-state index >= 15 is 0 Å². The minimum atomic E-state index is 0.190. The van der Waals surface area contributed by atoms with E-state index in [2.05, 4.69) is 6.92 Å². The summed E-state index contributed by atoms with van der Waals surface area (Å²) >= 11 is 0. The van der Waals surface area contributed by atoms with Gasteiger partial charge in [0.25, 0.3) is 0 Å². The highest BCUT2D eigenvalue weighted by Crippen LogP contribution is 2.50. The van der Waals surface area contributed by atoms with Crippen LogP contribution in [-0.2, 0) is 4.79 Å². The molecule has 3 aliphatic rings. The molecule has 6 unspecified atom stereocenters. The van der Waals surface area contributed by atoms with Crippen LogP contribution < -0.4 is 5.73 Å². The topological polar surface area (TPSA) is 43.1 Å². The van der Waals surface area contributed by atoms with Crippen molar-refractivity contribution in [1.29, 1.82) is 0 Å². The lowest BCUT2D eigenvalue weighted by molar-refractivity contribution is -0.131. The van der Waals surface area contributed by atoms with E-state index < -0.39 is 0 Å². The zero-order valence-electron chi connectivity index (χ0n) is 11.6. The highest BCUT2D eigenvalue weighted by Gasteiger charge is 2.50. The second-order valence-corrected chi connectivity index (χ2v) is 6.90. The fourth-order valence-electron chi connectivity index (χ4n) is 5.08. The van der Waals surface area contributed by atoms with Gasteiger partial charge in [0.05, 0.1) is 0 Å². The normalized spacial score (nSPS) is 47.4. The van der Waals surface area contributed by atoms with Crippen LogP contribution in [0.5, 0.6) is 0 Å². The van der Waals surface area contributed by atoms with Gasteiger partial charge in [-0.2, -0.15) is 0 Å². The lowest BCUT2D eigenvalue weighted by atomic mass is 9.69. The summed E-state index contributed by atoms with van der Waals surface area (Å²) in [6, 6.07) is 0.190. The molecule has 18 heavy (non-hydrogen) atoms. The smallest absolute Gasteiger partial charge is 0.141 e. The molecule has 0 aliphatic heterocycles. The van der Waals surface area contributed by atoms with Gasteiger partial charge in [-0.05, 0) is 49.9 Å². The van der Waals surface area contributed by atoms with E-state index in [4.69, 9.17) is 5.73 Å². The minimum Gasteiger partial charge on any atom is -0.327 e. The molecule has 102 valence electrons. The Kier molecular flexibility index (Phi) is 3.48. The van der Waals surface area contributed by atoms with Gasteiger partial charge >= 0.3 is 0 Å². The molecule has 2 heteroatoms. The molecule has 0 saturated heterocycles. The third kappa shape index (κ3) is 1.93. The van der Waals surface area contributed by atoms with E-state index in [9.17, 15) is 4.79 Å². The average molecular weight is 249 g/mol. The molecule has 6 atom stereocenters. The fraction of sp³-hybridized carbons (Fsp3) is 0.938. The summed E-state index contributed by atoms with van der Waals surface area (Å²) in [4.78, 5) is 12.9. The molecule has 0 heterocycles. The van der Waals surface area contributed by atoms with Gasteiger partial charge in [0.1, 0.15) is 5.78 Å². The van der Waals surface area contributed by atoms with Crippen molar-refractivity contribution >= 4 is 5.78 Å². The van der Waals surface area contributed by atoms with E-state index in [1.54, 1.807) is 0 Å². The number of carbonyl (C=O) groups is 1. The van der Waals surface area contributed by atoms with Crippen LogP contribution in [0.2, 0.25) is 0 Å². The van der Waals surface area contributed by atoms with Crippen molar-refractivity contribution in [3.63, 3.8) is 0 Å². The van der Waals surface area contributed by atoms with Crippen LogP contribution in [0, 0.1) is 29.6 Å². The van der Waals surface area contributed by atoms with Crippen LogP contribution in [0.25, 0.3) is 0 Å². The molecule has 2 nitrogen and oxygen atoms in total. The van der Waals surface area contributed by atoms with E-state index in [1.807, 2.05) is 0 Å². The summed E-state index contributed by atoms with van der Waals surface area (Å²) in [7, 11) is 0. The second-order valence-electron chi connectivity index (χ2n) is 6.90. The molecular formula is C16H27NO. The first-order chi connectivity index (χ1) is 8.72. The number of rotatable bonds is 3. The molecule has 3 aliphatic carbocycles. The van der Waals surface area contributed by atoms with Crippen LogP contribution in [0.4, 0.5) is 0 Å². The molecule has 0 amide bonds. The lowest BCUT2D eigenvalue weighted by Crippen LogP contribution is -2.44. The minimum absolute atomic E-state index is 0.190. The Morgan fingerprint density at radius 2 is 1.83 bits per heavy atom. The molecule has 0 aromatic carbocycles. The first kappa shape index (κ1) is 12.7. The lowest BCUT2D eigenvalue weighted by Gasteiger charge is -2.35. The summed E-state index contributed by atoms with van der Waals surface area (Å²) in [5.74, 6) is 3.07. The van der Waals surface area contributed by atoms with Gasteiger partial charge in [0.15, 0.2) is 0 Å². The van der Waals surface area contributed by atoms with Crippen molar-refractivity contribution in [2.24, 2.45) is 35.3 Å². The largest absolute Gasteiger partial charge is 0.327 e. The molecule has 2 bridgehead atoms. The van der Waals surface area contributed by atoms with E-state index in [-0.39, 0.29) is 12.0 Å². The van der Waals surface area contributed by atoms with E-state index in [1.165, 1.54) is 44.9 Å². The van der Waals surface area contributed by atoms with Crippen molar-refractivity contribution in [1.82, 2.24) is 0 Å². The van der Waals surface area contributed by atoms with Gasteiger partial charge in [0, 0.05) is 17.9 Å². The van der Waals surface area contributed by atoms with Crippen molar-refractivity contribution in [2.75, 3.05) is 0 Å². The van der Waals surface area contributed by atoms with Crippen LogP contribution in [0.15, 0.2) is 0 Å². The van der Waals surface area contributed by atoms with Gasteiger partial charge in [-0.15, -0.1) is 0 Å². The summed E-state index contributed by atoms with van der Waals surface area (Å²) in [6.07, 6.45) is 9.93. The number of ketones is 1. The van der Waals surface area contributed by atoms with Crippen LogP contribution in [-0.4, -0.2) is 11.8 Å². The SMILES string of the molecule is CCC1CCCCC1C(=O)C1C2CCC(C2)C1N. The second kappa shape index (κ2) is 4.96. The number of Topliss-reactive ketones (excluding diaryl/α,β-unsaturated/α-hetero) is 1. The van der Waals surface area contributed by atoms with Gasteiger partial charge in [0.2, 0.25) is 0 Å². The highest BCUT2D eigenvalue weighted by atomic mass is 16.1. The van der Waals surface area contributed by atoms with Crippen molar-refractivity contribution in [3.8, 4) is 0 Å². The summed E-state index contributed by atoms with van der Waals surface area (Å²) in [5, 5.41) is 0. The van der Waals surface area contributed by atoms with E-state index in [0.717, 1.165) is 6.42 Å².